The maximum absolute atomic E-state index is 13.2. The number of carboxylic acid groups (broad SMARTS) is 2. The van der Waals surface area contributed by atoms with E-state index in [1.54, 1.807) is 6.92 Å². The molecule has 3 N–H and O–H groups in total. The molecule has 0 spiro atoms. The van der Waals surface area contributed by atoms with Crippen LogP contribution in [0.5, 0.6) is 0 Å². The minimum atomic E-state index is -1.01. The number of carbonyl (C=O) groups excluding carboxylic acids is 1. The van der Waals surface area contributed by atoms with Crippen LogP contribution in [0.2, 0.25) is 0 Å². The predicted octanol–water partition coefficient (Wildman–Crippen LogP) is 2.60. The van der Waals surface area contributed by atoms with Crippen LogP contribution in [0.1, 0.15) is 44.6 Å². The van der Waals surface area contributed by atoms with Crippen molar-refractivity contribution in [1.82, 2.24) is 10.2 Å². The summed E-state index contributed by atoms with van der Waals surface area (Å²) in [6, 6.07) is 7.29. The number of rotatable bonds is 9. The van der Waals surface area contributed by atoms with Gasteiger partial charge in [0.15, 0.2) is 0 Å². The van der Waals surface area contributed by atoms with Gasteiger partial charge in [-0.25, -0.2) is 4.79 Å². The smallest absolute Gasteiger partial charge is 0.326 e. The van der Waals surface area contributed by atoms with Gasteiger partial charge in [0.25, 0.3) is 0 Å². The lowest BCUT2D eigenvalue weighted by molar-refractivity contribution is -0.151. The fourth-order valence-electron chi connectivity index (χ4n) is 4.65. The Morgan fingerprint density at radius 1 is 1.17 bits per heavy atom. The fraction of sp³-hybridized carbons (Fsp3) is 0.591. The van der Waals surface area contributed by atoms with E-state index in [1.807, 2.05) is 30.3 Å². The molecule has 1 saturated carbocycles. The summed E-state index contributed by atoms with van der Waals surface area (Å²) in [4.78, 5) is 38.2. The van der Waals surface area contributed by atoms with Crippen LogP contribution < -0.4 is 5.32 Å². The molecule has 3 rings (SSSR count). The first kappa shape index (κ1) is 22.6. The lowest BCUT2D eigenvalue weighted by Gasteiger charge is -2.35. The van der Waals surface area contributed by atoms with Crippen molar-refractivity contribution in [2.75, 3.05) is 5.75 Å². The Kier molecular flexibility index (Phi) is 7.77. The minimum absolute atomic E-state index is 0.0488. The van der Waals surface area contributed by atoms with Gasteiger partial charge < -0.3 is 15.1 Å². The fourth-order valence-corrected chi connectivity index (χ4v) is 5.67. The largest absolute Gasteiger partial charge is 0.480 e. The summed E-state index contributed by atoms with van der Waals surface area (Å²) in [6.07, 6.45) is 4.33. The summed E-state index contributed by atoms with van der Waals surface area (Å²) >= 11 is 1.49. The maximum Gasteiger partial charge on any atom is 0.326 e. The number of hydrogen-bond donors (Lipinski definition) is 3. The number of carboxylic acids is 2. The van der Waals surface area contributed by atoms with Crippen LogP contribution in [0.25, 0.3) is 0 Å². The van der Waals surface area contributed by atoms with Gasteiger partial charge in [-0.05, 0) is 37.7 Å². The molecule has 0 aromatic heterocycles. The molecular formula is C22H30N2O5S. The number of nitrogens with one attached hydrogen (secondary N) is 1. The Morgan fingerprint density at radius 3 is 2.53 bits per heavy atom. The number of benzene rings is 1. The molecule has 0 bridgehead atoms. The molecule has 1 amide bonds. The van der Waals surface area contributed by atoms with Crippen LogP contribution in [-0.2, 0) is 20.1 Å². The van der Waals surface area contributed by atoms with E-state index in [1.165, 1.54) is 16.7 Å². The van der Waals surface area contributed by atoms with Gasteiger partial charge in [-0.1, -0.05) is 43.2 Å². The van der Waals surface area contributed by atoms with Crippen LogP contribution in [0, 0.1) is 5.92 Å². The number of thioether (sulfide) groups is 1. The van der Waals surface area contributed by atoms with Crippen LogP contribution in [-0.4, -0.2) is 62.9 Å². The molecule has 7 nitrogen and oxygen atoms in total. The van der Waals surface area contributed by atoms with Crippen molar-refractivity contribution in [2.24, 2.45) is 5.92 Å². The second-order valence-corrected chi connectivity index (χ2v) is 9.26. The summed E-state index contributed by atoms with van der Waals surface area (Å²) in [6.45, 7) is 1.63. The van der Waals surface area contributed by atoms with Crippen molar-refractivity contribution < 1.29 is 24.6 Å². The third kappa shape index (κ3) is 5.35. The quantitative estimate of drug-likeness (QED) is 0.548. The average Bonchev–Trinajstić information content (AvgIpc) is 3.13. The Morgan fingerprint density at radius 2 is 1.87 bits per heavy atom. The van der Waals surface area contributed by atoms with E-state index < -0.39 is 30.1 Å². The van der Waals surface area contributed by atoms with Crippen molar-refractivity contribution >= 4 is 29.6 Å². The molecule has 5 atom stereocenters. The van der Waals surface area contributed by atoms with E-state index in [9.17, 15) is 24.6 Å². The standard InChI is InChI=1S/C22H30N2O5S/c1-14(23-17(21(26)27)13-30-12-15-7-3-2-4-8-15)20(25)24-18-10-6-5-9-16(18)11-19(24)22(28)29/h2-4,7-8,14,16-19,23H,5-6,9-13H2,1H3,(H,26,27)(H,28,29)/t14-,16?,17?,18?,19-/m0/s1. The normalized spacial score (nSPS) is 25.4. The molecular weight excluding hydrogens is 404 g/mol. The summed E-state index contributed by atoms with van der Waals surface area (Å²) in [7, 11) is 0. The number of fused-ring (bicyclic) bond motifs is 1. The van der Waals surface area contributed by atoms with Crippen LogP contribution in [0.15, 0.2) is 30.3 Å². The molecule has 3 unspecified atom stereocenters. The highest BCUT2D eigenvalue weighted by Gasteiger charge is 2.48. The van der Waals surface area contributed by atoms with E-state index in [4.69, 9.17) is 0 Å². The first-order chi connectivity index (χ1) is 14.4. The second-order valence-electron chi connectivity index (χ2n) is 8.23. The van der Waals surface area contributed by atoms with Gasteiger partial charge in [-0.2, -0.15) is 11.8 Å². The molecule has 2 fully saturated rings. The number of nitrogens with zero attached hydrogens (tertiary/aromatic N) is 1. The van der Waals surface area contributed by atoms with E-state index in [2.05, 4.69) is 5.32 Å². The Labute approximate surface area is 181 Å². The summed E-state index contributed by atoms with van der Waals surface area (Å²) < 4.78 is 0. The van der Waals surface area contributed by atoms with Gasteiger partial charge in [0.05, 0.1) is 6.04 Å². The minimum Gasteiger partial charge on any atom is -0.480 e. The highest BCUT2D eigenvalue weighted by atomic mass is 32.2. The van der Waals surface area contributed by atoms with E-state index >= 15 is 0 Å². The number of aliphatic carboxylic acids is 2. The number of hydrogen-bond acceptors (Lipinski definition) is 5. The number of amides is 1. The van der Waals surface area contributed by atoms with Crippen molar-refractivity contribution in [2.45, 2.75) is 68.9 Å². The van der Waals surface area contributed by atoms with Gasteiger partial charge in [0, 0.05) is 17.5 Å². The van der Waals surface area contributed by atoms with Gasteiger partial charge >= 0.3 is 11.9 Å². The van der Waals surface area contributed by atoms with Crippen molar-refractivity contribution in [3.8, 4) is 0 Å². The molecule has 0 radical (unpaired) electrons. The monoisotopic (exact) mass is 434 g/mol. The van der Waals surface area contributed by atoms with Crippen LogP contribution in [0.4, 0.5) is 0 Å². The molecule has 1 aliphatic heterocycles. The molecule has 1 saturated heterocycles. The third-order valence-electron chi connectivity index (χ3n) is 6.14. The van der Waals surface area contributed by atoms with Crippen molar-refractivity contribution in [3.05, 3.63) is 35.9 Å². The lowest BCUT2D eigenvalue weighted by atomic mass is 9.84. The van der Waals surface area contributed by atoms with Gasteiger partial charge in [0.2, 0.25) is 5.91 Å². The zero-order valence-corrected chi connectivity index (χ0v) is 18.0. The Bertz CT molecular complexity index is 759. The SMILES string of the molecule is C[C@H](NC(CSCc1ccccc1)C(=O)O)C(=O)N1C2CCCCC2C[C@H]1C(=O)O. The van der Waals surface area contributed by atoms with Gasteiger partial charge in [-0.15, -0.1) is 0 Å². The summed E-state index contributed by atoms with van der Waals surface area (Å²) in [5.41, 5.74) is 1.11. The zero-order valence-electron chi connectivity index (χ0n) is 17.2. The highest BCUT2D eigenvalue weighted by molar-refractivity contribution is 7.98. The number of likely N-dealkylation sites (tertiary alicyclic amines) is 1. The Hall–Kier alpha value is -2.06. The predicted molar refractivity (Wildman–Crippen MR) is 115 cm³/mol. The molecule has 2 aliphatic rings. The topological polar surface area (TPSA) is 107 Å². The molecule has 1 heterocycles. The van der Waals surface area contributed by atoms with Crippen LogP contribution in [0.3, 0.4) is 0 Å². The van der Waals surface area contributed by atoms with Gasteiger partial charge in [0.1, 0.15) is 12.1 Å². The second kappa shape index (κ2) is 10.3. The highest BCUT2D eigenvalue weighted by Crippen LogP contribution is 2.40. The lowest BCUT2D eigenvalue weighted by Crippen LogP contribution is -2.56. The molecule has 164 valence electrons. The third-order valence-corrected chi connectivity index (χ3v) is 7.25. The zero-order chi connectivity index (χ0) is 21.7. The van der Waals surface area contributed by atoms with Crippen molar-refractivity contribution in [1.29, 1.82) is 0 Å². The molecule has 1 aliphatic carbocycles. The first-order valence-corrected chi connectivity index (χ1v) is 11.7. The van der Waals surface area contributed by atoms with E-state index in [-0.39, 0.29) is 17.9 Å². The molecule has 1 aromatic rings. The number of carbonyl (C=O) groups is 3. The first-order valence-electron chi connectivity index (χ1n) is 10.5. The molecule has 8 heteroatoms. The summed E-state index contributed by atoms with van der Waals surface area (Å²) in [5, 5.41) is 22.2. The van der Waals surface area contributed by atoms with E-state index in [0.717, 1.165) is 31.2 Å². The van der Waals surface area contributed by atoms with Crippen LogP contribution >= 0.6 is 11.8 Å². The Balaban J connectivity index is 1.61. The van der Waals surface area contributed by atoms with Gasteiger partial charge in [-0.3, -0.25) is 14.9 Å². The average molecular weight is 435 g/mol. The maximum atomic E-state index is 13.2. The summed E-state index contributed by atoms with van der Waals surface area (Å²) in [5.74, 6) is -1.06. The molecule has 1 aromatic carbocycles. The van der Waals surface area contributed by atoms with Crippen molar-refractivity contribution in [3.63, 3.8) is 0 Å². The van der Waals surface area contributed by atoms with E-state index in [0.29, 0.717) is 17.9 Å². The molecule has 30 heavy (non-hydrogen) atoms.